The average Bonchev–Trinajstić information content (AvgIpc) is 3.25. The van der Waals surface area contributed by atoms with Gasteiger partial charge in [0.05, 0.1) is 19.8 Å². The van der Waals surface area contributed by atoms with Crippen molar-refractivity contribution >= 4 is 17.6 Å². The SMILES string of the molecule is C=CC(=O)N1CC[C@H](NC(C#Cc2cc(OC)cc(OC)c2F)=C(C(N)=O)C(N)=NC)C1. The van der Waals surface area contributed by atoms with E-state index >= 15 is 0 Å². The Kier molecular flexibility index (Phi) is 8.24. The second-order valence-electron chi connectivity index (χ2n) is 6.78. The molecular weight excluding hydrogens is 417 g/mol. The van der Waals surface area contributed by atoms with Gasteiger partial charge in [0, 0.05) is 32.2 Å². The van der Waals surface area contributed by atoms with Crippen LogP contribution in [0.15, 0.2) is 41.1 Å². The Morgan fingerprint density at radius 1 is 1.34 bits per heavy atom. The Morgan fingerprint density at radius 3 is 2.62 bits per heavy atom. The monoisotopic (exact) mass is 443 g/mol. The van der Waals surface area contributed by atoms with Crippen molar-refractivity contribution in [2.45, 2.75) is 12.5 Å². The standard InChI is InChI=1S/C22H26FN5O4/c1-5-18(29)28-9-8-14(12-28)27-16(19(22(25)30)21(24)26-2)7-6-13-10-15(31-3)11-17(32-4)20(13)23/h5,10-11,14,27H,1,8-9,12H2,2-4H3,(H2,24,26)(H2,25,30)/t14-/m0/s1. The quantitative estimate of drug-likeness (QED) is 0.240. The van der Waals surface area contributed by atoms with E-state index in [4.69, 9.17) is 20.9 Å². The van der Waals surface area contributed by atoms with Crippen molar-refractivity contribution in [2.24, 2.45) is 16.5 Å². The van der Waals surface area contributed by atoms with Crippen LogP contribution in [0.5, 0.6) is 11.5 Å². The fourth-order valence-electron chi connectivity index (χ4n) is 3.13. The first kappa shape index (κ1) is 24.3. The molecule has 32 heavy (non-hydrogen) atoms. The van der Waals surface area contributed by atoms with Crippen LogP contribution in [0.4, 0.5) is 4.39 Å². The lowest BCUT2D eigenvalue weighted by Gasteiger charge is -2.17. The van der Waals surface area contributed by atoms with Crippen molar-refractivity contribution in [1.82, 2.24) is 10.2 Å². The molecule has 5 N–H and O–H groups in total. The summed E-state index contributed by atoms with van der Waals surface area (Å²) >= 11 is 0. The fourth-order valence-corrected chi connectivity index (χ4v) is 3.13. The second-order valence-corrected chi connectivity index (χ2v) is 6.78. The van der Waals surface area contributed by atoms with E-state index in [0.29, 0.717) is 25.3 Å². The molecule has 0 bridgehead atoms. The van der Waals surface area contributed by atoms with E-state index in [1.165, 1.54) is 39.5 Å². The van der Waals surface area contributed by atoms with Gasteiger partial charge in [0.15, 0.2) is 11.6 Å². The third-order valence-corrected chi connectivity index (χ3v) is 4.81. The highest BCUT2D eigenvalue weighted by atomic mass is 19.1. The van der Waals surface area contributed by atoms with E-state index in [-0.39, 0.29) is 40.4 Å². The molecule has 0 spiro atoms. The second kappa shape index (κ2) is 10.9. The Balaban J connectivity index is 2.52. The minimum absolute atomic E-state index is 0.0220. The van der Waals surface area contributed by atoms with Crippen LogP contribution in [0.3, 0.4) is 0 Å². The van der Waals surface area contributed by atoms with Gasteiger partial charge in [-0.2, -0.15) is 0 Å². The van der Waals surface area contributed by atoms with Gasteiger partial charge < -0.3 is 31.2 Å². The molecule has 1 aromatic rings. The van der Waals surface area contributed by atoms with Crippen LogP contribution < -0.4 is 26.3 Å². The number of carbonyl (C=O) groups excluding carboxylic acids is 2. The van der Waals surface area contributed by atoms with Gasteiger partial charge in [-0.15, -0.1) is 0 Å². The van der Waals surface area contributed by atoms with Gasteiger partial charge in [-0.1, -0.05) is 12.5 Å². The van der Waals surface area contributed by atoms with E-state index < -0.39 is 11.7 Å². The molecule has 10 heteroatoms. The van der Waals surface area contributed by atoms with Crippen LogP contribution in [-0.2, 0) is 9.59 Å². The molecule has 1 heterocycles. The average molecular weight is 443 g/mol. The maximum atomic E-state index is 14.7. The summed E-state index contributed by atoms with van der Waals surface area (Å²) in [6, 6.07) is 2.53. The van der Waals surface area contributed by atoms with Crippen molar-refractivity contribution < 1.29 is 23.5 Å². The molecule has 0 unspecified atom stereocenters. The Hall–Kier alpha value is -4.00. The highest BCUT2D eigenvalue weighted by Crippen LogP contribution is 2.26. The zero-order chi connectivity index (χ0) is 23.8. The lowest BCUT2D eigenvalue weighted by molar-refractivity contribution is -0.125. The highest BCUT2D eigenvalue weighted by Gasteiger charge is 2.27. The lowest BCUT2D eigenvalue weighted by atomic mass is 10.1. The number of benzene rings is 1. The van der Waals surface area contributed by atoms with Crippen LogP contribution in [0, 0.1) is 17.7 Å². The number of amidine groups is 1. The first-order valence-electron chi connectivity index (χ1n) is 9.63. The zero-order valence-corrected chi connectivity index (χ0v) is 18.2. The summed E-state index contributed by atoms with van der Waals surface area (Å²) in [5.74, 6) is 3.82. The molecule has 1 fully saturated rings. The normalized spacial score (nSPS) is 16.4. The maximum Gasteiger partial charge on any atom is 0.255 e. The Labute approximate surface area is 185 Å². The number of carbonyl (C=O) groups is 2. The van der Waals surface area contributed by atoms with Crippen LogP contribution in [-0.4, -0.2) is 62.9 Å². The molecule has 1 aliphatic heterocycles. The van der Waals surface area contributed by atoms with Gasteiger partial charge in [-0.25, -0.2) is 4.39 Å². The smallest absolute Gasteiger partial charge is 0.255 e. The van der Waals surface area contributed by atoms with Gasteiger partial charge >= 0.3 is 0 Å². The molecule has 9 nitrogen and oxygen atoms in total. The summed E-state index contributed by atoms with van der Waals surface area (Å²) in [6.07, 6.45) is 1.82. The lowest BCUT2D eigenvalue weighted by Crippen LogP contribution is -2.37. The molecule has 170 valence electrons. The maximum absolute atomic E-state index is 14.7. The number of methoxy groups -OCH3 is 2. The topological polar surface area (TPSA) is 132 Å². The van der Waals surface area contributed by atoms with Crippen LogP contribution in [0.1, 0.15) is 12.0 Å². The van der Waals surface area contributed by atoms with Gasteiger partial charge in [0.2, 0.25) is 5.91 Å². The number of amides is 2. The number of rotatable bonds is 7. The minimum Gasteiger partial charge on any atom is -0.497 e. The first-order chi connectivity index (χ1) is 15.2. The third-order valence-electron chi connectivity index (χ3n) is 4.81. The summed E-state index contributed by atoms with van der Waals surface area (Å²) in [4.78, 5) is 29.4. The number of hydrogen-bond acceptors (Lipinski definition) is 6. The largest absolute Gasteiger partial charge is 0.497 e. The summed E-state index contributed by atoms with van der Waals surface area (Å²) in [7, 11) is 4.15. The molecule has 0 saturated carbocycles. The predicted molar refractivity (Wildman–Crippen MR) is 118 cm³/mol. The molecule has 0 radical (unpaired) electrons. The molecule has 1 atom stereocenters. The summed E-state index contributed by atoms with van der Waals surface area (Å²) in [5.41, 5.74) is 11.3. The summed E-state index contributed by atoms with van der Waals surface area (Å²) < 4.78 is 24.9. The van der Waals surface area contributed by atoms with Crippen molar-refractivity contribution in [3.63, 3.8) is 0 Å². The molecule has 0 aromatic heterocycles. The number of likely N-dealkylation sites (tertiary alicyclic amines) is 1. The molecule has 1 aliphatic rings. The number of nitrogens with two attached hydrogens (primary N) is 2. The molecule has 1 aromatic carbocycles. The number of hydrogen-bond donors (Lipinski definition) is 3. The van der Waals surface area contributed by atoms with Crippen LogP contribution in [0.2, 0.25) is 0 Å². The number of allylic oxidation sites excluding steroid dienone is 1. The van der Waals surface area contributed by atoms with Gasteiger partial charge in [-0.3, -0.25) is 14.6 Å². The first-order valence-corrected chi connectivity index (χ1v) is 9.63. The van der Waals surface area contributed by atoms with Gasteiger partial charge in [0.25, 0.3) is 5.91 Å². The van der Waals surface area contributed by atoms with E-state index in [1.807, 2.05) is 0 Å². The van der Waals surface area contributed by atoms with Crippen molar-refractivity contribution in [3.8, 4) is 23.3 Å². The van der Waals surface area contributed by atoms with E-state index in [0.717, 1.165) is 0 Å². The predicted octanol–water partition coefficient (Wildman–Crippen LogP) is 0.297. The number of halogens is 1. The van der Waals surface area contributed by atoms with E-state index in [9.17, 15) is 14.0 Å². The molecular formula is C22H26FN5O4. The van der Waals surface area contributed by atoms with Crippen molar-refractivity contribution in [2.75, 3.05) is 34.4 Å². The number of aliphatic imine (C=N–C) groups is 1. The summed E-state index contributed by atoms with van der Waals surface area (Å²) in [5, 5.41) is 3.10. The molecule has 0 aliphatic carbocycles. The van der Waals surface area contributed by atoms with Gasteiger partial charge in [0.1, 0.15) is 22.9 Å². The minimum atomic E-state index is -0.856. The number of ether oxygens (including phenoxy) is 2. The number of primary amides is 1. The Morgan fingerprint density at radius 2 is 2.06 bits per heavy atom. The Bertz CT molecular complexity index is 1040. The van der Waals surface area contributed by atoms with Crippen molar-refractivity contribution in [3.05, 3.63) is 47.4 Å². The van der Waals surface area contributed by atoms with E-state index in [1.54, 1.807) is 4.90 Å². The molecule has 2 rings (SSSR count). The number of nitrogens with one attached hydrogen (secondary N) is 1. The fraction of sp³-hybridized carbons (Fsp3) is 0.318. The zero-order valence-electron chi connectivity index (χ0n) is 18.2. The summed E-state index contributed by atoms with van der Waals surface area (Å²) in [6.45, 7) is 4.33. The molecule has 2 amide bonds. The van der Waals surface area contributed by atoms with E-state index in [2.05, 4.69) is 28.7 Å². The highest BCUT2D eigenvalue weighted by molar-refractivity contribution is 6.20. The van der Waals surface area contributed by atoms with Crippen LogP contribution in [0.25, 0.3) is 0 Å². The number of nitrogens with zero attached hydrogens (tertiary/aromatic N) is 2. The third kappa shape index (κ3) is 5.57. The van der Waals surface area contributed by atoms with Crippen LogP contribution >= 0.6 is 0 Å². The van der Waals surface area contributed by atoms with Gasteiger partial charge in [-0.05, 0) is 24.5 Å². The molecule has 1 saturated heterocycles. The van der Waals surface area contributed by atoms with Crippen molar-refractivity contribution in [1.29, 1.82) is 0 Å².